The van der Waals surface area contributed by atoms with Gasteiger partial charge in [-0.05, 0) is 81.8 Å². The lowest BCUT2D eigenvalue weighted by Gasteiger charge is -2.32. The van der Waals surface area contributed by atoms with Crippen molar-refractivity contribution in [2.75, 3.05) is 18.0 Å². The molecule has 3 aromatic carbocycles. The van der Waals surface area contributed by atoms with Gasteiger partial charge in [0, 0.05) is 12.6 Å². The van der Waals surface area contributed by atoms with E-state index >= 15 is 0 Å². The van der Waals surface area contributed by atoms with E-state index in [9.17, 15) is 22.4 Å². The Labute approximate surface area is 229 Å². The van der Waals surface area contributed by atoms with Crippen molar-refractivity contribution in [1.29, 1.82) is 0 Å². The molecule has 8 nitrogen and oxygen atoms in total. The topological polar surface area (TPSA) is 96.0 Å². The molecule has 0 heterocycles. The molecule has 1 N–H and O–H groups in total. The third kappa shape index (κ3) is 7.57. The molecule has 3 aromatic rings. The summed E-state index contributed by atoms with van der Waals surface area (Å²) in [4.78, 5) is 28.1. The van der Waals surface area contributed by atoms with Crippen LogP contribution in [-0.4, -0.2) is 50.9 Å². The highest BCUT2D eigenvalue weighted by atomic mass is 32.2. The van der Waals surface area contributed by atoms with Crippen LogP contribution in [0, 0.1) is 12.7 Å². The zero-order valence-corrected chi connectivity index (χ0v) is 23.5. The zero-order valence-electron chi connectivity index (χ0n) is 22.7. The summed E-state index contributed by atoms with van der Waals surface area (Å²) in [6, 6.07) is 17.1. The molecule has 3 rings (SSSR count). The second-order valence-corrected chi connectivity index (χ2v) is 11.4. The summed E-state index contributed by atoms with van der Waals surface area (Å²) in [6.07, 6.45) is 0. The molecule has 2 amide bonds. The molecule has 0 bridgehead atoms. The van der Waals surface area contributed by atoms with Crippen molar-refractivity contribution in [2.45, 2.75) is 51.2 Å². The van der Waals surface area contributed by atoms with Crippen molar-refractivity contribution < 1.29 is 27.1 Å². The molecule has 10 heteroatoms. The third-order valence-corrected chi connectivity index (χ3v) is 7.86. The molecular weight excluding hydrogens is 521 g/mol. The van der Waals surface area contributed by atoms with E-state index in [-0.39, 0.29) is 29.1 Å². The van der Waals surface area contributed by atoms with Crippen LogP contribution in [-0.2, 0) is 26.2 Å². The number of nitrogens with one attached hydrogen (secondary N) is 1. The predicted octanol–water partition coefficient (Wildman–Crippen LogP) is 4.28. The van der Waals surface area contributed by atoms with Crippen molar-refractivity contribution in [2.24, 2.45) is 0 Å². The Kier molecular flexibility index (Phi) is 9.69. The fraction of sp³-hybridized carbons (Fsp3) is 0.310. The van der Waals surface area contributed by atoms with Crippen molar-refractivity contribution in [3.05, 3.63) is 89.7 Å². The van der Waals surface area contributed by atoms with Gasteiger partial charge in [-0.1, -0.05) is 29.8 Å². The Morgan fingerprint density at radius 2 is 1.62 bits per heavy atom. The molecule has 0 fully saturated rings. The molecule has 0 radical (unpaired) electrons. The van der Waals surface area contributed by atoms with Gasteiger partial charge in [-0.2, -0.15) is 0 Å². The number of hydrogen-bond donors (Lipinski definition) is 1. The number of carbonyl (C=O) groups is 2. The van der Waals surface area contributed by atoms with Gasteiger partial charge in [-0.3, -0.25) is 13.9 Å². The number of hydrogen-bond acceptors (Lipinski definition) is 5. The fourth-order valence-corrected chi connectivity index (χ4v) is 5.42. The summed E-state index contributed by atoms with van der Waals surface area (Å²) >= 11 is 0. The lowest BCUT2D eigenvalue weighted by Crippen LogP contribution is -2.52. The first-order chi connectivity index (χ1) is 18.4. The molecule has 1 atom stereocenters. The van der Waals surface area contributed by atoms with Gasteiger partial charge in [0.25, 0.3) is 10.0 Å². The predicted molar refractivity (Wildman–Crippen MR) is 148 cm³/mol. The summed E-state index contributed by atoms with van der Waals surface area (Å²) in [5.41, 5.74) is 1.88. The maximum Gasteiger partial charge on any atom is 0.264 e. The molecule has 0 saturated heterocycles. The summed E-state index contributed by atoms with van der Waals surface area (Å²) < 4.78 is 47.3. The Morgan fingerprint density at radius 1 is 0.974 bits per heavy atom. The van der Waals surface area contributed by atoms with Crippen molar-refractivity contribution >= 4 is 27.5 Å². The minimum atomic E-state index is -4.26. The van der Waals surface area contributed by atoms with Crippen LogP contribution >= 0.6 is 0 Å². The van der Waals surface area contributed by atoms with E-state index in [1.807, 2.05) is 45.0 Å². The van der Waals surface area contributed by atoms with Gasteiger partial charge < -0.3 is 15.0 Å². The lowest BCUT2D eigenvalue weighted by molar-refractivity contribution is -0.139. The average Bonchev–Trinajstić information content (AvgIpc) is 2.90. The summed E-state index contributed by atoms with van der Waals surface area (Å²) in [5, 5.41) is 2.81. The number of amides is 2. The van der Waals surface area contributed by atoms with Gasteiger partial charge in [0.2, 0.25) is 11.8 Å². The van der Waals surface area contributed by atoms with Gasteiger partial charge in [0.05, 0.1) is 17.7 Å². The van der Waals surface area contributed by atoms with Gasteiger partial charge >= 0.3 is 0 Å². The first kappa shape index (κ1) is 29.6. The third-order valence-electron chi connectivity index (χ3n) is 6.07. The zero-order chi connectivity index (χ0) is 28.7. The quantitative estimate of drug-likeness (QED) is 0.381. The molecular formula is C29H34FN3O5S. The van der Waals surface area contributed by atoms with Crippen molar-refractivity contribution in [3.8, 4) is 5.75 Å². The van der Waals surface area contributed by atoms with E-state index in [0.29, 0.717) is 5.75 Å². The van der Waals surface area contributed by atoms with Gasteiger partial charge in [-0.15, -0.1) is 0 Å². The number of sulfonamides is 1. The smallest absolute Gasteiger partial charge is 0.264 e. The van der Waals surface area contributed by atoms with Gasteiger partial charge in [-0.25, -0.2) is 12.8 Å². The number of nitrogens with zero attached hydrogens (tertiary/aromatic N) is 2. The standard InChI is InChI=1S/C29H34FN3O5S/c1-20(2)31-29(35)22(4)32(18-23-8-6-7-21(3)17-23)28(34)19-33(25-11-9-24(30)10-12-25)39(36,37)27-15-13-26(38-5)14-16-27/h6-17,20,22H,18-19H2,1-5H3,(H,31,35). The molecule has 0 aliphatic heterocycles. The molecule has 0 spiro atoms. The second kappa shape index (κ2) is 12.8. The molecule has 0 aromatic heterocycles. The maximum absolute atomic E-state index is 13.8. The van der Waals surface area contributed by atoms with Crippen LogP contribution in [0.1, 0.15) is 31.9 Å². The van der Waals surface area contributed by atoms with Gasteiger partial charge in [0.1, 0.15) is 24.2 Å². The van der Waals surface area contributed by atoms with E-state index in [1.165, 1.54) is 48.4 Å². The number of carbonyl (C=O) groups excluding carboxylic acids is 2. The second-order valence-electron chi connectivity index (χ2n) is 9.51. The highest BCUT2D eigenvalue weighted by molar-refractivity contribution is 7.92. The van der Waals surface area contributed by atoms with Crippen LogP contribution < -0.4 is 14.4 Å². The van der Waals surface area contributed by atoms with Crippen LogP contribution in [0.3, 0.4) is 0 Å². The molecule has 39 heavy (non-hydrogen) atoms. The summed E-state index contributed by atoms with van der Waals surface area (Å²) in [5.74, 6) is -1.04. The Hall–Kier alpha value is -3.92. The van der Waals surface area contributed by atoms with Crippen molar-refractivity contribution in [3.63, 3.8) is 0 Å². The van der Waals surface area contributed by atoms with Crippen LogP contribution in [0.15, 0.2) is 77.7 Å². The normalized spacial score (nSPS) is 12.1. The molecule has 0 saturated carbocycles. The number of methoxy groups -OCH3 is 1. The van der Waals surface area contributed by atoms with E-state index in [0.717, 1.165) is 27.6 Å². The highest BCUT2D eigenvalue weighted by Crippen LogP contribution is 2.26. The van der Waals surface area contributed by atoms with Crippen LogP contribution in [0.4, 0.5) is 10.1 Å². The van der Waals surface area contributed by atoms with Crippen LogP contribution in [0.25, 0.3) is 0 Å². The van der Waals surface area contributed by atoms with E-state index < -0.39 is 34.3 Å². The average molecular weight is 556 g/mol. The Balaban J connectivity index is 2.03. The molecule has 1 unspecified atom stereocenters. The maximum atomic E-state index is 13.8. The van der Waals surface area contributed by atoms with E-state index in [4.69, 9.17) is 4.74 Å². The Bertz CT molecular complexity index is 1390. The number of aryl methyl sites for hydroxylation is 1. The van der Waals surface area contributed by atoms with E-state index in [1.54, 1.807) is 6.92 Å². The number of ether oxygens (including phenoxy) is 1. The first-order valence-corrected chi connectivity index (χ1v) is 13.9. The fourth-order valence-electron chi connectivity index (χ4n) is 4.01. The number of rotatable bonds is 11. The lowest BCUT2D eigenvalue weighted by atomic mass is 10.1. The first-order valence-electron chi connectivity index (χ1n) is 12.5. The summed E-state index contributed by atoms with van der Waals surface area (Å²) in [7, 11) is -2.79. The monoisotopic (exact) mass is 555 g/mol. The molecule has 208 valence electrons. The van der Waals surface area contributed by atoms with Crippen LogP contribution in [0.5, 0.6) is 5.75 Å². The summed E-state index contributed by atoms with van der Waals surface area (Å²) in [6.45, 7) is 6.64. The van der Waals surface area contributed by atoms with Crippen molar-refractivity contribution in [1.82, 2.24) is 10.2 Å². The Morgan fingerprint density at radius 3 is 2.18 bits per heavy atom. The molecule has 0 aliphatic carbocycles. The minimum Gasteiger partial charge on any atom is -0.497 e. The van der Waals surface area contributed by atoms with Crippen LogP contribution in [0.2, 0.25) is 0 Å². The van der Waals surface area contributed by atoms with Gasteiger partial charge in [0.15, 0.2) is 0 Å². The largest absolute Gasteiger partial charge is 0.497 e. The minimum absolute atomic E-state index is 0.0729. The number of halogens is 1. The SMILES string of the molecule is COc1ccc(S(=O)(=O)N(CC(=O)N(Cc2cccc(C)c2)C(C)C(=O)NC(C)C)c2ccc(F)cc2)cc1. The van der Waals surface area contributed by atoms with E-state index in [2.05, 4.69) is 5.32 Å². The highest BCUT2D eigenvalue weighted by Gasteiger charge is 2.32. The number of anilines is 1. The number of benzene rings is 3. The molecule has 0 aliphatic rings.